The van der Waals surface area contributed by atoms with Crippen LogP contribution in [0.4, 0.5) is 0 Å². The van der Waals surface area contributed by atoms with Crippen molar-refractivity contribution in [1.82, 2.24) is 14.3 Å². The third-order valence-electron chi connectivity index (χ3n) is 2.68. The van der Waals surface area contributed by atoms with E-state index < -0.39 is 0 Å². The van der Waals surface area contributed by atoms with Crippen molar-refractivity contribution in [3.05, 3.63) is 17.7 Å². The lowest BCUT2D eigenvalue weighted by Crippen LogP contribution is -2.15. The first-order chi connectivity index (χ1) is 7.71. The van der Waals surface area contributed by atoms with Crippen molar-refractivity contribution in [2.45, 2.75) is 52.4 Å². The van der Waals surface area contributed by atoms with Gasteiger partial charge in [-0.05, 0) is 11.5 Å². The third kappa shape index (κ3) is 2.18. The van der Waals surface area contributed by atoms with Crippen LogP contribution < -0.4 is 0 Å². The molecule has 0 fully saturated rings. The van der Waals surface area contributed by atoms with Crippen LogP contribution in [0.3, 0.4) is 0 Å². The Morgan fingerprint density at radius 3 is 2.00 bits per heavy atom. The zero-order valence-electron chi connectivity index (χ0n) is 11.3. The van der Waals surface area contributed by atoms with E-state index in [1.807, 2.05) is 0 Å². The highest BCUT2D eigenvalue weighted by molar-refractivity contribution is 7.13. The molecule has 0 saturated carbocycles. The predicted octanol–water partition coefficient (Wildman–Crippen LogP) is 3.68. The summed E-state index contributed by atoms with van der Waals surface area (Å²) in [5, 5.41) is 0. The van der Waals surface area contributed by atoms with E-state index in [1.165, 1.54) is 11.5 Å². The minimum absolute atomic E-state index is 0.0295. The molecule has 0 amide bonds. The number of hydrogen-bond donors (Lipinski definition) is 0. The Hall–Kier alpha value is -1.03. The van der Waals surface area contributed by atoms with E-state index in [1.54, 1.807) is 6.33 Å². The molecule has 0 N–H and O–H groups in total. The second kappa shape index (κ2) is 3.73. The molecule has 4 heteroatoms. The van der Waals surface area contributed by atoms with E-state index in [9.17, 15) is 0 Å². The second-order valence-electron chi connectivity index (χ2n) is 6.43. The zero-order chi connectivity index (χ0) is 12.8. The smallest absolute Gasteiger partial charge is 0.116 e. The molecule has 2 aromatic heterocycles. The van der Waals surface area contributed by atoms with E-state index in [0.29, 0.717) is 0 Å². The molecule has 0 aliphatic rings. The summed E-state index contributed by atoms with van der Waals surface area (Å²) in [5.74, 6) is 0. The van der Waals surface area contributed by atoms with Gasteiger partial charge in [0.2, 0.25) is 0 Å². The standard InChI is InChI=1S/C13H19N3S/c1-12(2,3)10-8-9(17-16-10)11(13(4,5)6)15-7-14-8/h7H,1-6H3. The minimum atomic E-state index is 0.0295. The maximum Gasteiger partial charge on any atom is 0.116 e. The van der Waals surface area contributed by atoms with E-state index in [4.69, 9.17) is 0 Å². The first-order valence-corrected chi connectivity index (χ1v) is 6.60. The van der Waals surface area contributed by atoms with Gasteiger partial charge in [0.15, 0.2) is 0 Å². The number of rotatable bonds is 0. The Kier molecular flexibility index (Phi) is 2.73. The number of hydrogen-bond acceptors (Lipinski definition) is 4. The Balaban J connectivity index is 2.74. The Morgan fingerprint density at radius 1 is 0.882 bits per heavy atom. The fraction of sp³-hybridized carbons (Fsp3) is 0.615. The molecule has 0 atom stereocenters. The molecule has 0 radical (unpaired) electrons. The lowest BCUT2D eigenvalue weighted by atomic mass is 9.89. The average molecular weight is 249 g/mol. The van der Waals surface area contributed by atoms with Crippen molar-refractivity contribution in [3.63, 3.8) is 0 Å². The molecular formula is C13H19N3S. The molecule has 0 aromatic carbocycles. The quantitative estimate of drug-likeness (QED) is 0.715. The fourth-order valence-corrected chi connectivity index (χ4v) is 3.01. The van der Waals surface area contributed by atoms with Crippen LogP contribution in [0.2, 0.25) is 0 Å². The number of aromatic nitrogens is 3. The Morgan fingerprint density at radius 2 is 1.47 bits per heavy atom. The molecule has 92 valence electrons. The normalized spacial score (nSPS) is 13.3. The van der Waals surface area contributed by atoms with Crippen LogP contribution in [-0.4, -0.2) is 14.3 Å². The zero-order valence-corrected chi connectivity index (χ0v) is 12.1. The highest BCUT2D eigenvalue weighted by Crippen LogP contribution is 2.35. The van der Waals surface area contributed by atoms with Crippen LogP contribution in [-0.2, 0) is 10.8 Å². The summed E-state index contributed by atoms with van der Waals surface area (Å²) in [6.07, 6.45) is 1.66. The van der Waals surface area contributed by atoms with Crippen molar-refractivity contribution in [2.75, 3.05) is 0 Å². The van der Waals surface area contributed by atoms with Gasteiger partial charge in [0.05, 0.1) is 16.1 Å². The van der Waals surface area contributed by atoms with Gasteiger partial charge in [-0.3, -0.25) is 0 Å². The number of fused-ring (bicyclic) bond motifs is 1. The predicted molar refractivity (Wildman–Crippen MR) is 72.6 cm³/mol. The largest absolute Gasteiger partial charge is 0.239 e. The first kappa shape index (κ1) is 12.4. The van der Waals surface area contributed by atoms with E-state index in [2.05, 4.69) is 55.9 Å². The SMILES string of the molecule is CC(C)(C)c1nsc2c(C(C)(C)C)ncnc12. The first-order valence-electron chi connectivity index (χ1n) is 5.82. The summed E-state index contributed by atoms with van der Waals surface area (Å²) in [6, 6.07) is 0. The van der Waals surface area contributed by atoms with Crippen LogP contribution in [0.1, 0.15) is 52.9 Å². The van der Waals surface area contributed by atoms with Crippen molar-refractivity contribution < 1.29 is 0 Å². The van der Waals surface area contributed by atoms with Crippen LogP contribution in [0.25, 0.3) is 10.2 Å². The van der Waals surface area contributed by atoms with Gasteiger partial charge >= 0.3 is 0 Å². The van der Waals surface area contributed by atoms with E-state index in [0.717, 1.165) is 21.6 Å². The molecule has 0 aliphatic carbocycles. The highest BCUT2D eigenvalue weighted by atomic mass is 32.1. The summed E-state index contributed by atoms with van der Waals surface area (Å²) in [7, 11) is 0. The lowest BCUT2D eigenvalue weighted by Gasteiger charge is -2.18. The van der Waals surface area contributed by atoms with Crippen LogP contribution in [0.15, 0.2) is 6.33 Å². The summed E-state index contributed by atoms with van der Waals surface area (Å²) in [5.41, 5.74) is 3.24. The molecule has 2 aromatic rings. The summed E-state index contributed by atoms with van der Waals surface area (Å²) in [6.45, 7) is 13.0. The maximum atomic E-state index is 4.58. The molecule has 17 heavy (non-hydrogen) atoms. The van der Waals surface area contributed by atoms with Gasteiger partial charge in [0.25, 0.3) is 0 Å². The average Bonchev–Trinajstić information content (AvgIpc) is 2.57. The second-order valence-corrected chi connectivity index (χ2v) is 7.20. The van der Waals surface area contributed by atoms with Crippen LogP contribution in [0.5, 0.6) is 0 Å². The van der Waals surface area contributed by atoms with Crippen molar-refractivity contribution >= 4 is 21.7 Å². The summed E-state index contributed by atoms with van der Waals surface area (Å²) in [4.78, 5) is 8.85. The highest BCUT2D eigenvalue weighted by Gasteiger charge is 2.26. The van der Waals surface area contributed by atoms with E-state index >= 15 is 0 Å². The van der Waals surface area contributed by atoms with Gasteiger partial charge in [0.1, 0.15) is 11.8 Å². The molecule has 0 aliphatic heterocycles. The molecular weight excluding hydrogens is 230 g/mol. The third-order valence-corrected chi connectivity index (χ3v) is 3.52. The molecule has 2 heterocycles. The van der Waals surface area contributed by atoms with Crippen molar-refractivity contribution in [1.29, 1.82) is 0 Å². The summed E-state index contributed by atoms with van der Waals surface area (Å²) >= 11 is 1.52. The van der Waals surface area contributed by atoms with Gasteiger partial charge in [-0.1, -0.05) is 41.5 Å². The molecule has 0 bridgehead atoms. The molecule has 3 nitrogen and oxygen atoms in total. The van der Waals surface area contributed by atoms with E-state index in [-0.39, 0.29) is 10.8 Å². The minimum Gasteiger partial charge on any atom is -0.239 e. The van der Waals surface area contributed by atoms with Crippen molar-refractivity contribution in [3.8, 4) is 0 Å². The number of nitrogens with zero attached hydrogens (tertiary/aromatic N) is 3. The van der Waals surface area contributed by atoms with Gasteiger partial charge in [-0.25, -0.2) is 9.97 Å². The van der Waals surface area contributed by atoms with Crippen LogP contribution in [0, 0.1) is 0 Å². The molecule has 0 unspecified atom stereocenters. The van der Waals surface area contributed by atoms with Crippen LogP contribution >= 0.6 is 11.5 Å². The molecule has 0 spiro atoms. The summed E-state index contributed by atoms with van der Waals surface area (Å²) < 4.78 is 5.71. The van der Waals surface area contributed by atoms with Gasteiger partial charge in [0, 0.05) is 10.8 Å². The maximum absolute atomic E-state index is 4.58. The fourth-order valence-electron chi connectivity index (χ4n) is 1.79. The molecule has 0 saturated heterocycles. The Bertz CT molecular complexity index is 544. The lowest BCUT2D eigenvalue weighted by molar-refractivity contribution is 0.571. The topological polar surface area (TPSA) is 38.7 Å². The van der Waals surface area contributed by atoms with Gasteiger partial charge < -0.3 is 0 Å². The Labute approximate surface area is 106 Å². The van der Waals surface area contributed by atoms with Gasteiger partial charge in [-0.15, -0.1) is 0 Å². The monoisotopic (exact) mass is 249 g/mol. The van der Waals surface area contributed by atoms with Crippen molar-refractivity contribution in [2.24, 2.45) is 0 Å². The van der Waals surface area contributed by atoms with Gasteiger partial charge in [-0.2, -0.15) is 4.37 Å². The molecule has 2 rings (SSSR count).